The van der Waals surface area contributed by atoms with Crippen LogP contribution in [0.3, 0.4) is 0 Å². The Hall–Kier alpha value is -1.65. The molecule has 0 radical (unpaired) electrons. The minimum atomic E-state index is -3.38. The molecule has 2 aromatic carbocycles. The molecule has 0 saturated carbocycles. The minimum Gasteiger partial charge on any atom is -0.212 e. The van der Waals surface area contributed by atoms with Crippen LogP contribution < -0.4 is 4.72 Å². The third-order valence-electron chi connectivity index (χ3n) is 3.82. The number of hydrogen-bond acceptors (Lipinski definition) is 2. The Bertz CT molecular complexity index is 721. The molecule has 1 atom stereocenters. The Morgan fingerprint density at radius 1 is 1.00 bits per heavy atom. The molecule has 0 aromatic heterocycles. The first kappa shape index (κ1) is 16.7. The number of nitrogens with one attached hydrogen (secondary N) is 1. The second kappa shape index (κ2) is 7.07. The standard InChI is InChI=1S/C18H23NO2S/c1-4-18(16-11-9-14(2)10-12-16)19-22(20,21)13-17-8-6-5-7-15(17)3/h5-12,18-19H,4,13H2,1-3H3. The summed E-state index contributed by atoms with van der Waals surface area (Å²) in [6.07, 6.45) is 0.718. The van der Waals surface area contributed by atoms with Gasteiger partial charge < -0.3 is 0 Å². The third kappa shape index (κ3) is 4.42. The van der Waals surface area contributed by atoms with E-state index >= 15 is 0 Å². The Morgan fingerprint density at radius 3 is 2.23 bits per heavy atom. The van der Waals surface area contributed by atoms with Crippen LogP contribution in [0.1, 0.15) is 41.6 Å². The van der Waals surface area contributed by atoms with Crippen molar-refractivity contribution in [2.45, 2.75) is 39.0 Å². The van der Waals surface area contributed by atoms with Gasteiger partial charge in [0, 0.05) is 6.04 Å². The summed E-state index contributed by atoms with van der Waals surface area (Å²) in [5.74, 6) is 0.0159. The molecule has 2 aromatic rings. The predicted molar refractivity (Wildman–Crippen MR) is 91.1 cm³/mol. The zero-order valence-electron chi connectivity index (χ0n) is 13.3. The molecular formula is C18H23NO2S. The van der Waals surface area contributed by atoms with E-state index in [1.165, 1.54) is 5.56 Å². The number of sulfonamides is 1. The third-order valence-corrected chi connectivity index (χ3v) is 5.15. The van der Waals surface area contributed by atoms with Gasteiger partial charge in [0.15, 0.2) is 0 Å². The summed E-state index contributed by atoms with van der Waals surface area (Å²) in [7, 11) is -3.38. The lowest BCUT2D eigenvalue weighted by Gasteiger charge is -2.18. The van der Waals surface area contributed by atoms with Gasteiger partial charge in [-0.3, -0.25) is 0 Å². The van der Waals surface area contributed by atoms with Crippen molar-refractivity contribution in [1.29, 1.82) is 0 Å². The smallest absolute Gasteiger partial charge is 0.212 e. The Kier molecular flexibility index (Phi) is 5.37. The van der Waals surface area contributed by atoms with Gasteiger partial charge in [-0.2, -0.15) is 0 Å². The van der Waals surface area contributed by atoms with E-state index < -0.39 is 10.0 Å². The quantitative estimate of drug-likeness (QED) is 0.879. The summed E-state index contributed by atoms with van der Waals surface area (Å²) < 4.78 is 27.7. The molecule has 0 spiro atoms. The first-order valence-corrected chi connectivity index (χ1v) is 9.17. The van der Waals surface area contributed by atoms with E-state index in [0.29, 0.717) is 0 Å². The summed E-state index contributed by atoms with van der Waals surface area (Å²) >= 11 is 0. The number of hydrogen-bond donors (Lipinski definition) is 1. The largest absolute Gasteiger partial charge is 0.216 e. The highest BCUT2D eigenvalue weighted by atomic mass is 32.2. The van der Waals surface area contributed by atoms with Gasteiger partial charge in [-0.15, -0.1) is 0 Å². The zero-order chi connectivity index (χ0) is 16.2. The first-order valence-electron chi connectivity index (χ1n) is 7.52. The van der Waals surface area contributed by atoms with Gasteiger partial charge >= 0.3 is 0 Å². The van der Waals surface area contributed by atoms with Crippen molar-refractivity contribution in [2.24, 2.45) is 0 Å². The maximum atomic E-state index is 12.5. The fraction of sp³-hybridized carbons (Fsp3) is 0.333. The second-order valence-electron chi connectivity index (χ2n) is 5.67. The van der Waals surface area contributed by atoms with E-state index in [1.54, 1.807) is 0 Å². The van der Waals surface area contributed by atoms with Crippen LogP contribution in [-0.4, -0.2) is 8.42 Å². The van der Waals surface area contributed by atoms with Gasteiger partial charge in [0.05, 0.1) is 5.75 Å². The molecular weight excluding hydrogens is 294 g/mol. The molecule has 0 aliphatic heterocycles. The van der Waals surface area contributed by atoms with Gasteiger partial charge in [0.1, 0.15) is 0 Å². The highest BCUT2D eigenvalue weighted by molar-refractivity contribution is 7.88. The SMILES string of the molecule is CCC(NS(=O)(=O)Cc1ccccc1C)c1ccc(C)cc1. The van der Waals surface area contributed by atoms with Crippen molar-refractivity contribution < 1.29 is 8.42 Å². The van der Waals surface area contributed by atoms with E-state index in [9.17, 15) is 8.42 Å². The Balaban J connectivity index is 2.16. The van der Waals surface area contributed by atoms with Gasteiger partial charge in [0.25, 0.3) is 0 Å². The molecule has 0 heterocycles. The number of benzene rings is 2. The van der Waals surface area contributed by atoms with Gasteiger partial charge in [-0.05, 0) is 37.0 Å². The maximum Gasteiger partial charge on any atom is 0.216 e. The average Bonchev–Trinajstić information content (AvgIpc) is 2.48. The molecule has 2 rings (SSSR count). The van der Waals surface area contributed by atoms with Crippen LogP contribution in [0.25, 0.3) is 0 Å². The summed E-state index contributed by atoms with van der Waals surface area (Å²) in [5.41, 5.74) is 4.01. The van der Waals surface area contributed by atoms with Crippen molar-refractivity contribution >= 4 is 10.0 Å². The molecule has 4 heteroatoms. The van der Waals surface area contributed by atoms with Crippen LogP contribution >= 0.6 is 0 Å². The fourth-order valence-electron chi connectivity index (χ4n) is 2.42. The van der Waals surface area contributed by atoms with E-state index in [1.807, 2.05) is 69.3 Å². The van der Waals surface area contributed by atoms with Gasteiger partial charge in [-0.25, -0.2) is 13.1 Å². The lowest BCUT2D eigenvalue weighted by atomic mass is 10.0. The predicted octanol–water partition coefficient (Wildman–Crippen LogP) is 3.87. The van der Waals surface area contributed by atoms with Crippen molar-refractivity contribution in [3.05, 3.63) is 70.8 Å². The normalized spacial score (nSPS) is 13.0. The number of aryl methyl sites for hydroxylation is 2. The molecule has 3 nitrogen and oxygen atoms in total. The Labute approximate surface area is 133 Å². The first-order chi connectivity index (χ1) is 10.4. The van der Waals surface area contributed by atoms with Crippen molar-refractivity contribution in [1.82, 2.24) is 4.72 Å². The van der Waals surface area contributed by atoms with Crippen LogP contribution in [0.15, 0.2) is 48.5 Å². The van der Waals surface area contributed by atoms with E-state index in [-0.39, 0.29) is 11.8 Å². The molecule has 0 bridgehead atoms. The molecule has 22 heavy (non-hydrogen) atoms. The molecule has 0 aliphatic carbocycles. The van der Waals surface area contributed by atoms with E-state index in [2.05, 4.69) is 4.72 Å². The Morgan fingerprint density at radius 2 is 1.64 bits per heavy atom. The molecule has 1 unspecified atom stereocenters. The van der Waals surface area contributed by atoms with Crippen LogP contribution in [0, 0.1) is 13.8 Å². The summed E-state index contributed by atoms with van der Waals surface area (Å²) in [5, 5.41) is 0. The summed E-state index contributed by atoms with van der Waals surface area (Å²) in [6, 6.07) is 15.4. The van der Waals surface area contributed by atoms with E-state index in [4.69, 9.17) is 0 Å². The molecule has 118 valence electrons. The lowest BCUT2D eigenvalue weighted by Crippen LogP contribution is -2.29. The van der Waals surface area contributed by atoms with Crippen molar-refractivity contribution in [3.63, 3.8) is 0 Å². The molecule has 0 saturated heterocycles. The highest BCUT2D eigenvalue weighted by Gasteiger charge is 2.19. The van der Waals surface area contributed by atoms with Crippen LogP contribution in [0.4, 0.5) is 0 Å². The van der Waals surface area contributed by atoms with Gasteiger partial charge in [0.2, 0.25) is 10.0 Å². The minimum absolute atomic E-state index is 0.0159. The van der Waals surface area contributed by atoms with Crippen LogP contribution in [0.5, 0.6) is 0 Å². The number of rotatable bonds is 6. The zero-order valence-corrected chi connectivity index (χ0v) is 14.2. The maximum absolute atomic E-state index is 12.5. The van der Waals surface area contributed by atoms with Crippen molar-refractivity contribution in [3.8, 4) is 0 Å². The highest BCUT2D eigenvalue weighted by Crippen LogP contribution is 2.20. The average molecular weight is 317 g/mol. The topological polar surface area (TPSA) is 46.2 Å². The fourth-order valence-corrected chi connectivity index (χ4v) is 3.97. The lowest BCUT2D eigenvalue weighted by molar-refractivity contribution is 0.549. The molecule has 0 aliphatic rings. The molecule has 0 amide bonds. The van der Waals surface area contributed by atoms with Crippen LogP contribution in [-0.2, 0) is 15.8 Å². The molecule has 0 fully saturated rings. The monoisotopic (exact) mass is 317 g/mol. The second-order valence-corrected chi connectivity index (χ2v) is 7.43. The van der Waals surface area contributed by atoms with Gasteiger partial charge in [-0.1, -0.05) is 61.0 Å². The summed E-state index contributed by atoms with van der Waals surface area (Å²) in [4.78, 5) is 0. The van der Waals surface area contributed by atoms with E-state index in [0.717, 1.165) is 23.1 Å². The van der Waals surface area contributed by atoms with Crippen LogP contribution in [0.2, 0.25) is 0 Å². The summed E-state index contributed by atoms with van der Waals surface area (Å²) in [6.45, 7) is 5.94. The molecule has 1 N–H and O–H groups in total. The van der Waals surface area contributed by atoms with Crippen molar-refractivity contribution in [2.75, 3.05) is 0 Å².